The van der Waals surface area contributed by atoms with E-state index in [0.717, 1.165) is 11.1 Å². The predicted molar refractivity (Wildman–Crippen MR) is 78.4 cm³/mol. The average molecular weight is 269 g/mol. The summed E-state index contributed by atoms with van der Waals surface area (Å²) in [5.41, 5.74) is 2.51. The second-order valence-electron chi connectivity index (χ2n) is 4.44. The van der Waals surface area contributed by atoms with Crippen LogP contribution in [-0.2, 0) is 4.79 Å². The van der Waals surface area contributed by atoms with Gasteiger partial charge in [0.1, 0.15) is 5.69 Å². The minimum absolute atomic E-state index is 0.0742. The number of hydrogen-bond donors (Lipinski definition) is 2. The number of H-pyrrole nitrogens is 1. The predicted octanol–water partition coefficient (Wildman–Crippen LogP) is 2.34. The fraction of sp³-hybridized carbons (Fsp3) is 0.133. The molecular weight excluding hydrogens is 254 g/mol. The van der Waals surface area contributed by atoms with Gasteiger partial charge in [-0.15, -0.1) is 0 Å². The number of carbonyl (C=O) groups excluding carboxylic acids is 1. The average Bonchev–Trinajstić information content (AvgIpc) is 2.41. The first-order chi connectivity index (χ1) is 9.56. The molecule has 0 amide bonds. The van der Waals surface area contributed by atoms with Crippen LogP contribution in [0.25, 0.3) is 11.1 Å². The lowest BCUT2D eigenvalue weighted by molar-refractivity contribution is -0.112. The Bertz CT molecular complexity index is 703. The molecule has 0 saturated heterocycles. The van der Waals surface area contributed by atoms with Crippen LogP contribution in [0.3, 0.4) is 0 Å². The molecule has 5 nitrogen and oxygen atoms in total. The molecule has 2 aromatic rings. The van der Waals surface area contributed by atoms with Crippen molar-refractivity contribution in [1.29, 1.82) is 0 Å². The molecular formula is C15H15N3O2. The number of carbonyl (C=O) groups is 1. The van der Waals surface area contributed by atoms with Crippen molar-refractivity contribution in [2.24, 2.45) is 0 Å². The molecule has 2 rings (SSSR count). The van der Waals surface area contributed by atoms with Crippen LogP contribution in [-0.4, -0.2) is 15.8 Å². The van der Waals surface area contributed by atoms with Gasteiger partial charge in [0, 0.05) is 35.4 Å². The van der Waals surface area contributed by atoms with Gasteiger partial charge < -0.3 is 10.3 Å². The molecule has 20 heavy (non-hydrogen) atoms. The van der Waals surface area contributed by atoms with E-state index < -0.39 is 0 Å². The van der Waals surface area contributed by atoms with Gasteiger partial charge in [-0.1, -0.05) is 6.07 Å². The molecule has 0 radical (unpaired) electrons. The summed E-state index contributed by atoms with van der Waals surface area (Å²) in [7, 11) is 0. The largest absolute Gasteiger partial charge is 0.355 e. The van der Waals surface area contributed by atoms with Gasteiger partial charge >= 0.3 is 0 Å². The smallest absolute Gasteiger partial charge is 0.271 e. The first-order valence-electron chi connectivity index (χ1n) is 6.15. The number of allylic oxidation sites excluding steroid dienone is 2. The molecule has 0 aliphatic rings. The minimum Gasteiger partial charge on any atom is -0.355 e. The van der Waals surface area contributed by atoms with E-state index in [0.29, 0.717) is 11.4 Å². The summed E-state index contributed by atoms with van der Waals surface area (Å²) >= 11 is 0. The van der Waals surface area contributed by atoms with Crippen molar-refractivity contribution in [2.75, 3.05) is 5.32 Å². The standard InChI is InChI=1S/C15H15N3O2/c1-10(6-11(2)19)18-14-7-13(9-17-15(14)20)12-4-3-5-16-8-12/h3-9,18H,1-2H3,(H,17,20)/b10-6+. The Morgan fingerprint density at radius 3 is 2.80 bits per heavy atom. The molecule has 2 N–H and O–H groups in total. The molecule has 0 aliphatic carbocycles. The minimum atomic E-state index is -0.242. The normalized spacial score (nSPS) is 11.2. The van der Waals surface area contributed by atoms with Gasteiger partial charge in [-0.05, 0) is 32.1 Å². The Labute approximate surface area is 116 Å². The molecule has 0 aliphatic heterocycles. The van der Waals surface area contributed by atoms with Gasteiger partial charge in [0.15, 0.2) is 5.78 Å². The van der Waals surface area contributed by atoms with E-state index in [2.05, 4.69) is 15.3 Å². The SMILES string of the molecule is CC(=O)/C=C(\C)Nc1cc(-c2cccnc2)c[nH]c1=O. The van der Waals surface area contributed by atoms with Crippen LogP contribution < -0.4 is 10.9 Å². The molecule has 0 aromatic carbocycles. The highest BCUT2D eigenvalue weighted by Crippen LogP contribution is 2.18. The quantitative estimate of drug-likeness (QED) is 0.835. The lowest BCUT2D eigenvalue weighted by atomic mass is 10.1. The summed E-state index contributed by atoms with van der Waals surface area (Å²) in [6, 6.07) is 5.46. The molecule has 5 heteroatoms. The monoisotopic (exact) mass is 269 g/mol. The molecule has 0 unspecified atom stereocenters. The zero-order valence-electron chi connectivity index (χ0n) is 11.3. The number of nitrogens with zero attached hydrogens (tertiary/aromatic N) is 1. The molecule has 0 saturated carbocycles. The van der Waals surface area contributed by atoms with Crippen LogP contribution in [0.2, 0.25) is 0 Å². The van der Waals surface area contributed by atoms with Crippen molar-refractivity contribution in [3.63, 3.8) is 0 Å². The molecule has 102 valence electrons. The highest BCUT2D eigenvalue weighted by Gasteiger charge is 2.04. The number of aromatic amines is 1. The second-order valence-corrected chi connectivity index (χ2v) is 4.44. The summed E-state index contributed by atoms with van der Waals surface area (Å²) < 4.78 is 0. The van der Waals surface area contributed by atoms with Crippen LogP contribution in [0.5, 0.6) is 0 Å². The van der Waals surface area contributed by atoms with Crippen molar-refractivity contribution < 1.29 is 4.79 Å². The van der Waals surface area contributed by atoms with E-state index in [9.17, 15) is 9.59 Å². The van der Waals surface area contributed by atoms with Crippen LogP contribution in [0.4, 0.5) is 5.69 Å². The first-order valence-corrected chi connectivity index (χ1v) is 6.15. The summed E-state index contributed by atoms with van der Waals surface area (Å²) in [4.78, 5) is 29.5. The maximum atomic E-state index is 11.8. The van der Waals surface area contributed by atoms with Gasteiger partial charge in [-0.25, -0.2) is 0 Å². The van der Waals surface area contributed by atoms with Crippen molar-refractivity contribution in [1.82, 2.24) is 9.97 Å². The van der Waals surface area contributed by atoms with Crippen LogP contribution >= 0.6 is 0 Å². The summed E-state index contributed by atoms with van der Waals surface area (Å²) in [5, 5.41) is 2.93. The van der Waals surface area contributed by atoms with Crippen molar-refractivity contribution in [3.05, 3.63) is 58.9 Å². The zero-order chi connectivity index (χ0) is 14.5. The van der Waals surface area contributed by atoms with E-state index in [1.54, 1.807) is 31.6 Å². The van der Waals surface area contributed by atoms with E-state index in [-0.39, 0.29) is 11.3 Å². The Kier molecular flexibility index (Phi) is 4.10. The number of anilines is 1. The van der Waals surface area contributed by atoms with Crippen LogP contribution in [0, 0.1) is 0 Å². The number of hydrogen-bond acceptors (Lipinski definition) is 4. The molecule has 2 heterocycles. The molecule has 0 bridgehead atoms. The third-order valence-corrected chi connectivity index (χ3v) is 2.65. The van der Waals surface area contributed by atoms with E-state index >= 15 is 0 Å². The summed E-state index contributed by atoms with van der Waals surface area (Å²) in [5.74, 6) is -0.0742. The van der Waals surface area contributed by atoms with Crippen LogP contribution in [0.1, 0.15) is 13.8 Å². The van der Waals surface area contributed by atoms with E-state index in [1.165, 1.54) is 13.0 Å². The fourth-order valence-corrected chi connectivity index (χ4v) is 1.83. The van der Waals surface area contributed by atoms with E-state index in [4.69, 9.17) is 0 Å². The molecule has 0 atom stereocenters. The molecule has 2 aromatic heterocycles. The third kappa shape index (κ3) is 3.41. The number of ketones is 1. The van der Waals surface area contributed by atoms with Gasteiger partial charge in [0.05, 0.1) is 0 Å². The fourth-order valence-electron chi connectivity index (χ4n) is 1.83. The Morgan fingerprint density at radius 2 is 2.15 bits per heavy atom. The van der Waals surface area contributed by atoms with E-state index in [1.807, 2.05) is 12.1 Å². The number of aromatic nitrogens is 2. The van der Waals surface area contributed by atoms with Gasteiger partial charge in [0.25, 0.3) is 5.56 Å². The molecule has 0 fully saturated rings. The van der Waals surface area contributed by atoms with Gasteiger partial charge in [-0.2, -0.15) is 0 Å². The Balaban J connectivity index is 2.35. The van der Waals surface area contributed by atoms with Crippen molar-refractivity contribution in [2.45, 2.75) is 13.8 Å². The summed E-state index contributed by atoms with van der Waals surface area (Å²) in [6.07, 6.45) is 6.48. The summed E-state index contributed by atoms with van der Waals surface area (Å²) in [6.45, 7) is 3.19. The van der Waals surface area contributed by atoms with Gasteiger partial charge in [-0.3, -0.25) is 14.6 Å². The highest BCUT2D eigenvalue weighted by molar-refractivity contribution is 5.88. The maximum Gasteiger partial charge on any atom is 0.271 e. The van der Waals surface area contributed by atoms with Crippen molar-refractivity contribution >= 4 is 11.5 Å². The lowest BCUT2D eigenvalue weighted by Gasteiger charge is -2.07. The van der Waals surface area contributed by atoms with Gasteiger partial charge in [0.2, 0.25) is 0 Å². The first kappa shape index (κ1) is 13.7. The third-order valence-electron chi connectivity index (χ3n) is 2.65. The second kappa shape index (κ2) is 5.97. The van der Waals surface area contributed by atoms with Crippen LogP contribution in [0.15, 0.2) is 53.4 Å². The highest BCUT2D eigenvalue weighted by atomic mass is 16.1. The number of pyridine rings is 2. The van der Waals surface area contributed by atoms with Crippen molar-refractivity contribution in [3.8, 4) is 11.1 Å². The topological polar surface area (TPSA) is 74.8 Å². The Morgan fingerprint density at radius 1 is 1.35 bits per heavy atom. The number of nitrogens with one attached hydrogen (secondary N) is 2. The molecule has 0 spiro atoms. The maximum absolute atomic E-state index is 11.8. The zero-order valence-corrected chi connectivity index (χ0v) is 11.3. The Hall–Kier alpha value is -2.69. The lowest BCUT2D eigenvalue weighted by Crippen LogP contribution is -2.13. The number of rotatable bonds is 4.